The van der Waals surface area contributed by atoms with Crippen LogP contribution in [0.5, 0.6) is 5.75 Å². The monoisotopic (exact) mass is 309 g/mol. The summed E-state index contributed by atoms with van der Waals surface area (Å²) in [7, 11) is -1.90. The molecule has 7 nitrogen and oxygen atoms in total. The SMILES string of the molecule is Cc1cc(OS(C)(=O)=O)ccc1NC(=O)c1ccnn1C. The molecule has 112 valence electrons. The van der Waals surface area contributed by atoms with E-state index in [0.29, 0.717) is 16.9 Å². The van der Waals surface area contributed by atoms with Gasteiger partial charge < -0.3 is 9.50 Å². The summed E-state index contributed by atoms with van der Waals surface area (Å²) < 4.78 is 28.4. The Bertz CT molecular complexity index is 780. The summed E-state index contributed by atoms with van der Waals surface area (Å²) in [5.41, 5.74) is 1.68. The molecule has 1 heterocycles. The van der Waals surface area contributed by atoms with E-state index in [-0.39, 0.29) is 11.7 Å². The summed E-state index contributed by atoms with van der Waals surface area (Å²) in [4.78, 5) is 12.1. The number of benzene rings is 1. The minimum absolute atomic E-state index is 0.202. The van der Waals surface area contributed by atoms with Crippen LogP contribution in [0.15, 0.2) is 30.5 Å². The average molecular weight is 309 g/mol. The van der Waals surface area contributed by atoms with Gasteiger partial charge in [-0.15, -0.1) is 0 Å². The Morgan fingerprint density at radius 3 is 2.57 bits per heavy atom. The number of hydrogen-bond acceptors (Lipinski definition) is 5. The molecule has 0 aliphatic heterocycles. The molecule has 1 aromatic heterocycles. The highest BCUT2D eigenvalue weighted by molar-refractivity contribution is 7.86. The van der Waals surface area contributed by atoms with Crippen molar-refractivity contribution in [2.75, 3.05) is 11.6 Å². The molecule has 2 aromatic rings. The first-order valence-corrected chi connectivity index (χ1v) is 7.87. The fourth-order valence-corrected chi connectivity index (χ4v) is 2.24. The largest absolute Gasteiger partial charge is 0.383 e. The van der Waals surface area contributed by atoms with Crippen LogP contribution in [-0.2, 0) is 17.2 Å². The fourth-order valence-electron chi connectivity index (χ4n) is 1.79. The van der Waals surface area contributed by atoms with E-state index >= 15 is 0 Å². The number of aromatic nitrogens is 2. The number of aryl methyl sites for hydroxylation is 2. The highest BCUT2D eigenvalue weighted by atomic mass is 32.2. The number of nitrogens with zero attached hydrogens (tertiary/aromatic N) is 2. The first kappa shape index (κ1) is 15.0. The third-order valence-corrected chi connectivity index (χ3v) is 3.24. The van der Waals surface area contributed by atoms with Crippen molar-refractivity contribution in [3.8, 4) is 5.75 Å². The van der Waals surface area contributed by atoms with Gasteiger partial charge in [0, 0.05) is 18.9 Å². The second kappa shape index (κ2) is 5.57. The summed E-state index contributed by atoms with van der Waals surface area (Å²) in [6.07, 6.45) is 2.51. The van der Waals surface area contributed by atoms with Crippen molar-refractivity contribution in [1.82, 2.24) is 9.78 Å². The van der Waals surface area contributed by atoms with Crippen molar-refractivity contribution in [2.24, 2.45) is 7.05 Å². The van der Waals surface area contributed by atoms with Crippen LogP contribution in [0.2, 0.25) is 0 Å². The molecular weight excluding hydrogens is 294 g/mol. The quantitative estimate of drug-likeness (QED) is 0.860. The van der Waals surface area contributed by atoms with Crippen molar-refractivity contribution >= 4 is 21.7 Å². The Morgan fingerprint density at radius 1 is 1.33 bits per heavy atom. The summed E-state index contributed by atoms with van der Waals surface area (Å²) in [5, 5.41) is 6.66. The number of amides is 1. The van der Waals surface area contributed by atoms with Gasteiger partial charge in [0.2, 0.25) is 0 Å². The summed E-state index contributed by atoms with van der Waals surface area (Å²) in [6, 6.07) is 6.21. The van der Waals surface area contributed by atoms with Gasteiger partial charge in [-0.1, -0.05) is 0 Å². The van der Waals surface area contributed by atoms with Gasteiger partial charge in [0.05, 0.1) is 6.26 Å². The lowest BCUT2D eigenvalue weighted by molar-refractivity contribution is 0.101. The third kappa shape index (κ3) is 3.82. The minimum Gasteiger partial charge on any atom is -0.383 e. The molecule has 0 aliphatic carbocycles. The van der Waals surface area contributed by atoms with E-state index in [1.54, 1.807) is 32.2 Å². The zero-order valence-corrected chi connectivity index (χ0v) is 12.6. The maximum atomic E-state index is 12.1. The topological polar surface area (TPSA) is 90.3 Å². The van der Waals surface area contributed by atoms with Gasteiger partial charge in [-0.3, -0.25) is 9.48 Å². The van der Waals surface area contributed by atoms with Gasteiger partial charge >= 0.3 is 10.1 Å². The van der Waals surface area contributed by atoms with E-state index in [4.69, 9.17) is 4.18 Å². The molecule has 1 aromatic carbocycles. The number of carbonyl (C=O) groups excluding carboxylic acids is 1. The van der Waals surface area contributed by atoms with Crippen LogP contribution in [0.3, 0.4) is 0 Å². The van der Waals surface area contributed by atoms with Crippen LogP contribution in [0, 0.1) is 6.92 Å². The fraction of sp³-hybridized carbons (Fsp3) is 0.231. The van der Waals surface area contributed by atoms with Crippen molar-refractivity contribution < 1.29 is 17.4 Å². The van der Waals surface area contributed by atoms with E-state index in [9.17, 15) is 13.2 Å². The lowest BCUT2D eigenvalue weighted by Gasteiger charge is -2.10. The van der Waals surface area contributed by atoms with Crippen LogP contribution in [-0.4, -0.2) is 30.4 Å². The van der Waals surface area contributed by atoms with E-state index in [0.717, 1.165) is 6.26 Å². The van der Waals surface area contributed by atoms with E-state index < -0.39 is 10.1 Å². The van der Waals surface area contributed by atoms with E-state index in [2.05, 4.69) is 10.4 Å². The molecule has 2 rings (SSSR count). The molecule has 0 bridgehead atoms. The number of rotatable bonds is 4. The van der Waals surface area contributed by atoms with Crippen molar-refractivity contribution in [2.45, 2.75) is 6.92 Å². The molecule has 0 radical (unpaired) electrons. The van der Waals surface area contributed by atoms with Crippen molar-refractivity contribution in [1.29, 1.82) is 0 Å². The summed E-state index contributed by atoms with van der Waals surface area (Å²) in [5.74, 6) is -0.0941. The second-order valence-corrected chi connectivity index (χ2v) is 6.13. The molecule has 0 saturated carbocycles. The van der Waals surface area contributed by atoms with Gasteiger partial charge in [-0.05, 0) is 36.8 Å². The van der Waals surface area contributed by atoms with Gasteiger partial charge in [0.15, 0.2) is 0 Å². The molecule has 1 N–H and O–H groups in total. The average Bonchev–Trinajstić information content (AvgIpc) is 2.77. The zero-order chi connectivity index (χ0) is 15.6. The van der Waals surface area contributed by atoms with Crippen LogP contribution in [0.1, 0.15) is 16.1 Å². The van der Waals surface area contributed by atoms with Crippen LogP contribution < -0.4 is 9.50 Å². The Morgan fingerprint density at radius 2 is 2.05 bits per heavy atom. The number of carbonyl (C=O) groups is 1. The summed E-state index contributed by atoms with van der Waals surface area (Å²) in [6.45, 7) is 1.74. The molecule has 1 amide bonds. The van der Waals surface area contributed by atoms with E-state index in [1.165, 1.54) is 16.9 Å². The van der Waals surface area contributed by atoms with Gasteiger partial charge in [0.1, 0.15) is 11.4 Å². The Kier molecular flexibility index (Phi) is 3.99. The van der Waals surface area contributed by atoms with Crippen LogP contribution in [0.4, 0.5) is 5.69 Å². The highest BCUT2D eigenvalue weighted by Crippen LogP contribution is 2.22. The molecule has 8 heteroatoms. The Balaban J connectivity index is 2.18. The predicted octanol–water partition coefficient (Wildman–Crippen LogP) is 1.32. The van der Waals surface area contributed by atoms with Crippen LogP contribution >= 0.6 is 0 Å². The first-order valence-electron chi connectivity index (χ1n) is 6.06. The second-order valence-electron chi connectivity index (χ2n) is 4.56. The van der Waals surface area contributed by atoms with Crippen LogP contribution in [0.25, 0.3) is 0 Å². The number of anilines is 1. The standard InChI is InChI=1S/C13H15N3O4S/c1-9-8-10(20-21(3,18)19)4-5-11(9)15-13(17)12-6-7-14-16(12)2/h4-8H,1-3H3,(H,15,17). The van der Waals surface area contributed by atoms with Gasteiger partial charge in [-0.25, -0.2) is 0 Å². The predicted molar refractivity (Wildman–Crippen MR) is 77.8 cm³/mol. The first-order chi connectivity index (χ1) is 9.76. The van der Waals surface area contributed by atoms with E-state index in [1.807, 2.05) is 0 Å². The van der Waals surface area contributed by atoms with Gasteiger partial charge in [0.25, 0.3) is 5.91 Å². The number of nitrogens with one attached hydrogen (secondary N) is 1. The third-order valence-electron chi connectivity index (χ3n) is 2.75. The maximum Gasteiger partial charge on any atom is 0.306 e. The zero-order valence-electron chi connectivity index (χ0n) is 11.8. The molecular formula is C13H15N3O4S. The molecule has 0 saturated heterocycles. The van der Waals surface area contributed by atoms with Gasteiger partial charge in [-0.2, -0.15) is 13.5 Å². The lowest BCUT2D eigenvalue weighted by Crippen LogP contribution is -2.16. The normalized spacial score (nSPS) is 11.2. The molecule has 0 unspecified atom stereocenters. The minimum atomic E-state index is -3.57. The molecule has 0 atom stereocenters. The molecule has 0 aliphatic rings. The van der Waals surface area contributed by atoms with Crippen molar-refractivity contribution in [3.63, 3.8) is 0 Å². The molecule has 21 heavy (non-hydrogen) atoms. The highest BCUT2D eigenvalue weighted by Gasteiger charge is 2.12. The van der Waals surface area contributed by atoms with Crippen molar-refractivity contribution in [3.05, 3.63) is 41.7 Å². The summed E-state index contributed by atoms with van der Waals surface area (Å²) >= 11 is 0. The molecule has 0 fully saturated rings. The molecule has 0 spiro atoms. The smallest absolute Gasteiger partial charge is 0.306 e. The lowest BCUT2D eigenvalue weighted by atomic mass is 10.2. The maximum absolute atomic E-state index is 12.1. The Hall–Kier alpha value is -2.35. The number of hydrogen-bond donors (Lipinski definition) is 1. The Labute approximate surface area is 122 Å².